The summed E-state index contributed by atoms with van der Waals surface area (Å²) in [5.74, 6) is -2.04. The van der Waals surface area contributed by atoms with Crippen molar-refractivity contribution in [3.63, 3.8) is 0 Å². The zero-order valence-electron chi connectivity index (χ0n) is 13.3. The van der Waals surface area contributed by atoms with Crippen molar-refractivity contribution >= 4 is 23.5 Å². The minimum atomic E-state index is -2.85. The highest BCUT2D eigenvalue weighted by Gasteiger charge is 2.24. The van der Waals surface area contributed by atoms with Crippen molar-refractivity contribution in [3.8, 4) is 5.75 Å². The van der Waals surface area contributed by atoms with E-state index in [0.717, 1.165) is 6.42 Å². The van der Waals surface area contributed by atoms with Gasteiger partial charge in [0.25, 0.3) is 5.91 Å². The standard InChI is InChI=1S/C16H18F2N2O5/c17-13(18)8-12(16(23)24)19-14(21)9-25-11-4-1-3-10(7-11)20-6-2-5-15(20)22/h1,3-4,7,12-13H,2,5-6,8-9H2,(H,19,21)(H,23,24). The maximum atomic E-state index is 12.3. The number of nitrogens with one attached hydrogen (secondary N) is 1. The molecule has 1 aromatic rings. The first-order chi connectivity index (χ1) is 11.9. The highest BCUT2D eigenvalue weighted by molar-refractivity contribution is 5.95. The van der Waals surface area contributed by atoms with Gasteiger partial charge >= 0.3 is 5.97 Å². The molecule has 0 aromatic heterocycles. The quantitative estimate of drug-likeness (QED) is 0.734. The maximum absolute atomic E-state index is 12.3. The average molecular weight is 356 g/mol. The molecule has 0 radical (unpaired) electrons. The first-order valence-electron chi connectivity index (χ1n) is 7.70. The molecule has 1 atom stereocenters. The van der Waals surface area contributed by atoms with E-state index >= 15 is 0 Å². The summed E-state index contributed by atoms with van der Waals surface area (Å²) in [6.07, 6.45) is -2.58. The lowest BCUT2D eigenvalue weighted by Crippen LogP contribution is -2.44. The average Bonchev–Trinajstić information content (AvgIpc) is 2.98. The van der Waals surface area contributed by atoms with Crippen molar-refractivity contribution in [1.82, 2.24) is 5.32 Å². The summed E-state index contributed by atoms with van der Waals surface area (Å²) in [7, 11) is 0. The lowest BCUT2D eigenvalue weighted by Gasteiger charge is -2.17. The van der Waals surface area contributed by atoms with Crippen LogP contribution in [0, 0.1) is 0 Å². The molecule has 1 aliphatic rings. The molecule has 0 saturated carbocycles. The zero-order chi connectivity index (χ0) is 18.4. The van der Waals surface area contributed by atoms with Gasteiger partial charge in [-0.15, -0.1) is 0 Å². The number of halogens is 2. The number of hydrogen-bond donors (Lipinski definition) is 2. The molecule has 1 unspecified atom stereocenters. The normalized spacial score (nSPS) is 15.3. The number of alkyl halides is 2. The van der Waals surface area contributed by atoms with E-state index < -0.39 is 37.4 Å². The van der Waals surface area contributed by atoms with Gasteiger partial charge in [-0.25, -0.2) is 13.6 Å². The molecular weight excluding hydrogens is 338 g/mol. The number of rotatable bonds is 8. The number of nitrogens with zero attached hydrogens (tertiary/aromatic N) is 1. The molecule has 136 valence electrons. The molecule has 1 aliphatic heterocycles. The molecule has 9 heteroatoms. The predicted molar refractivity (Wildman–Crippen MR) is 83.7 cm³/mol. The first-order valence-corrected chi connectivity index (χ1v) is 7.70. The van der Waals surface area contributed by atoms with E-state index in [9.17, 15) is 23.2 Å². The van der Waals surface area contributed by atoms with Gasteiger partial charge in [-0.1, -0.05) is 6.07 Å². The van der Waals surface area contributed by atoms with Crippen LogP contribution in [0.15, 0.2) is 24.3 Å². The lowest BCUT2D eigenvalue weighted by atomic mass is 10.2. The Morgan fingerprint density at radius 2 is 2.12 bits per heavy atom. The molecule has 1 saturated heterocycles. The van der Waals surface area contributed by atoms with Crippen LogP contribution < -0.4 is 15.0 Å². The Labute approximate surface area is 142 Å². The van der Waals surface area contributed by atoms with Crippen LogP contribution in [-0.2, 0) is 14.4 Å². The van der Waals surface area contributed by atoms with E-state index in [4.69, 9.17) is 9.84 Å². The van der Waals surface area contributed by atoms with Crippen LogP contribution in [0.25, 0.3) is 0 Å². The van der Waals surface area contributed by atoms with Crippen LogP contribution in [0.4, 0.5) is 14.5 Å². The number of carboxylic acids is 1. The lowest BCUT2D eigenvalue weighted by molar-refractivity contribution is -0.143. The summed E-state index contributed by atoms with van der Waals surface area (Å²) in [4.78, 5) is 35.9. The Bertz CT molecular complexity index is 653. The van der Waals surface area contributed by atoms with Gasteiger partial charge in [-0.2, -0.15) is 0 Å². The fourth-order valence-electron chi connectivity index (χ4n) is 2.45. The highest BCUT2D eigenvalue weighted by Crippen LogP contribution is 2.25. The Morgan fingerprint density at radius 1 is 1.36 bits per heavy atom. The number of carbonyl (C=O) groups excluding carboxylic acids is 2. The van der Waals surface area contributed by atoms with Crippen molar-refractivity contribution in [3.05, 3.63) is 24.3 Å². The third-order valence-electron chi connectivity index (χ3n) is 3.62. The minimum absolute atomic E-state index is 0.00573. The van der Waals surface area contributed by atoms with Crippen molar-refractivity contribution in [1.29, 1.82) is 0 Å². The third kappa shape index (κ3) is 5.40. The summed E-state index contributed by atoms with van der Waals surface area (Å²) in [5.41, 5.74) is 0.640. The van der Waals surface area contributed by atoms with Crippen molar-refractivity contribution in [2.45, 2.75) is 31.7 Å². The van der Waals surface area contributed by atoms with Gasteiger partial charge in [-0.3, -0.25) is 9.59 Å². The Morgan fingerprint density at radius 3 is 2.72 bits per heavy atom. The maximum Gasteiger partial charge on any atom is 0.326 e. The minimum Gasteiger partial charge on any atom is -0.484 e. The van der Waals surface area contributed by atoms with Gasteiger partial charge in [0, 0.05) is 31.1 Å². The van der Waals surface area contributed by atoms with E-state index in [1.54, 1.807) is 29.2 Å². The molecule has 2 N–H and O–H groups in total. The number of ether oxygens (including phenoxy) is 1. The summed E-state index contributed by atoms with van der Waals surface area (Å²) in [5, 5.41) is 10.8. The van der Waals surface area contributed by atoms with E-state index in [-0.39, 0.29) is 5.91 Å². The SMILES string of the molecule is O=C(COc1cccc(N2CCCC2=O)c1)NC(CC(F)F)C(=O)O. The summed E-state index contributed by atoms with van der Waals surface area (Å²) in [6, 6.07) is 4.88. The van der Waals surface area contributed by atoms with Gasteiger partial charge < -0.3 is 20.1 Å². The fraction of sp³-hybridized carbons (Fsp3) is 0.438. The molecule has 1 aromatic carbocycles. The first kappa shape index (κ1) is 18.6. The smallest absolute Gasteiger partial charge is 0.326 e. The van der Waals surface area contributed by atoms with Crippen LogP contribution in [0.2, 0.25) is 0 Å². The van der Waals surface area contributed by atoms with Gasteiger partial charge in [-0.05, 0) is 18.6 Å². The number of carbonyl (C=O) groups is 3. The van der Waals surface area contributed by atoms with E-state index in [2.05, 4.69) is 0 Å². The van der Waals surface area contributed by atoms with Crippen molar-refractivity contribution < 1.29 is 33.0 Å². The van der Waals surface area contributed by atoms with Crippen molar-refractivity contribution in [2.75, 3.05) is 18.1 Å². The number of carboxylic acid groups (broad SMARTS) is 1. The van der Waals surface area contributed by atoms with Crippen LogP contribution in [0.3, 0.4) is 0 Å². The van der Waals surface area contributed by atoms with Crippen molar-refractivity contribution in [2.24, 2.45) is 0 Å². The molecule has 0 spiro atoms. The molecule has 1 heterocycles. The van der Waals surface area contributed by atoms with Crippen LogP contribution in [0.5, 0.6) is 5.75 Å². The topological polar surface area (TPSA) is 95.9 Å². The molecule has 1 fully saturated rings. The largest absolute Gasteiger partial charge is 0.484 e. The fourth-order valence-corrected chi connectivity index (χ4v) is 2.45. The predicted octanol–water partition coefficient (Wildman–Crippen LogP) is 1.42. The van der Waals surface area contributed by atoms with Gasteiger partial charge in [0.1, 0.15) is 11.8 Å². The van der Waals surface area contributed by atoms with Crippen LogP contribution in [0.1, 0.15) is 19.3 Å². The van der Waals surface area contributed by atoms with E-state index in [1.807, 2.05) is 5.32 Å². The molecule has 25 heavy (non-hydrogen) atoms. The highest BCUT2D eigenvalue weighted by atomic mass is 19.3. The second-order valence-electron chi connectivity index (χ2n) is 5.52. The second-order valence-corrected chi connectivity index (χ2v) is 5.52. The Kier molecular flexibility index (Phi) is 6.26. The van der Waals surface area contributed by atoms with Gasteiger partial charge in [0.2, 0.25) is 12.3 Å². The number of aliphatic carboxylic acids is 1. The number of benzene rings is 1. The Balaban J connectivity index is 1.91. The Hall–Kier alpha value is -2.71. The van der Waals surface area contributed by atoms with E-state index in [0.29, 0.717) is 24.4 Å². The summed E-state index contributed by atoms with van der Waals surface area (Å²) >= 11 is 0. The third-order valence-corrected chi connectivity index (χ3v) is 3.62. The zero-order valence-corrected chi connectivity index (χ0v) is 13.3. The number of anilines is 1. The summed E-state index contributed by atoms with van der Waals surface area (Å²) < 4.78 is 29.8. The molecule has 0 bridgehead atoms. The summed E-state index contributed by atoms with van der Waals surface area (Å²) in [6.45, 7) is 0.0844. The molecule has 7 nitrogen and oxygen atoms in total. The number of hydrogen-bond acceptors (Lipinski definition) is 4. The molecular formula is C16H18F2N2O5. The van der Waals surface area contributed by atoms with Gasteiger partial charge in [0.05, 0.1) is 0 Å². The second kappa shape index (κ2) is 8.41. The monoisotopic (exact) mass is 356 g/mol. The van der Waals surface area contributed by atoms with E-state index in [1.165, 1.54) is 0 Å². The molecule has 2 amide bonds. The van der Waals surface area contributed by atoms with Crippen LogP contribution >= 0.6 is 0 Å². The molecule has 2 rings (SSSR count). The van der Waals surface area contributed by atoms with Gasteiger partial charge in [0.15, 0.2) is 6.61 Å². The molecule has 0 aliphatic carbocycles. The number of amides is 2. The van der Waals surface area contributed by atoms with Crippen LogP contribution in [-0.4, -0.2) is 48.5 Å².